The molecular formula is C14H18N6O7S. The maximum atomic E-state index is 12.7. The number of nitrogens with zero attached hydrogens (tertiary/aromatic N) is 4. The summed E-state index contributed by atoms with van der Waals surface area (Å²) in [5.74, 6) is -0.860. The van der Waals surface area contributed by atoms with Crippen molar-refractivity contribution in [3.63, 3.8) is 0 Å². The Labute approximate surface area is 160 Å². The molecule has 2 aromatic heterocycles. The van der Waals surface area contributed by atoms with E-state index in [1.165, 1.54) is 20.4 Å². The Bertz CT molecular complexity index is 974. The number of carbonyl (C=O) groups is 2. The lowest BCUT2D eigenvalue weighted by atomic mass is 10.4. The van der Waals surface area contributed by atoms with Crippen LogP contribution in [0.5, 0.6) is 11.6 Å². The normalized spacial score (nSPS) is 10.9. The number of rotatable bonds is 7. The fraction of sp³-hybridized carbons (Fsp3) is 0.357. The van der Waals surface area contributed by atoms with Crippen molar-refractivity contribution in [1.82, 2.24) is 24.5 Å². The second kappa shape index (κ2) is 8.51. The van der Waals surface area contributed by atoms with E-state index in [9.17, 15) is 18.0 Å². The van der Waals surface area contributed by atoms with Crippen molar-refractivity contribution in [3.8, 4) is 11.6 Å². The molecule has 2 amide bonds. The molecule has 152 valence electrons. The van der Waals surface area contributed by atoms with Crippen LogP contribution in [0.3, 0.4) is 0 Å². The van der Waals surface area contributed by atoms with Crippen LogP contribution < -0.4 is 14.8 Å². The number of hydrogen-bond donors (Lipinski definition) is 2. The van der Waals surface area contributed by atoms with Gasteiger partial charge in [-0.05, 0) is 6.92 Å². The second-order valence-electron chi connectivity index (χ2n) is 5.01. The topological polar surface area (TPSA) is 166 Å². The van der Waals surface area contributed by atoms with E-state index in [0.29, 0.717) is 4.31 Å². The molecule has 0 aliphatic heterocycles. The molecule has 14 heteroatoms. The number of methoxy groups -OCH3 is 2. The first-order valence-corrected chi connectivity index (χ1v) is 9.15. The summed E-state index contributed by atoms with van der Waals surface area (Å²) in [4.78, 5) is 31.9. The lowest BCUT2D eigenvalue weighted by Crippen LogP contribution is -2.37. The Morgan fingerprint density at radius 2 is 1.96 bits per heavy atom. The number of aromatic nitrogens is 4. The van der Waals surface area contributed by atoms with Crippen molar-refractivity contribution in [3.05, 3.63) is 18.0 Å². The number of amides is 2. The van der Waals surface area contributed by atoms with Gasteiger partial charge in [0.25, 0.3) is 15.9 Å². The van der Waals surface area contributed by atoms with Gasteiger partial charge in [0, 0.05) is 7.05 Å². The number of sulfonamides is 1. The Kier molecular flexibility index (Phi) is 6.35. The molecule has 0 radical (unpaired) electrons. The average Bonchev–Trinajstić information content (AvgIpc) is 3.18. The smallest absolute Gasteiger partial charge is 0.342 e. The molecule has 28 heavy (non-hydrogen) atoms. The summed E-state index contributed by atoms with van der Waals surface area (Å²) in [6.45, 7) is 1.60. The molecule has 0 fully saturated rings. The highest BCUT2D eigenvalue weighted by Crippen LogP contribution is 2.24. The number of urea groups is 1. The molecule has 0 aliphatic rings. The van der Waals surface area contributed by atoms with Crippen molar-refractivity contribution >= 4 is 28.0 Å². The summed E-state index contributed by atoms with van der Waals surface area (Å²) >= 11 is 0. The van der Waals surface area contributed by atoms with Gasteiger partial charge < -0.3 is 14.2 Å². The molecule has 2 N–H and O–H groups in total. The summed E-state index contributed by atoms with van der Waals surface area (Å²) < 4.78 is 40.5. The molecule has 0 atom stereocenters. The van der Waals surface area contributed by atoms with E-state index in [0.717, 1.165) is 13.2 Å². The van der Waals surface area contributed by atoms with Gasteiger partial charge in [-0.2, -0.15) is 18.5 Å². The molecule has 0 saturated carbocycles. The Morgan fingerprint density at radius 1 is 1.25 bits per heavy atom. The zero-order chi connectivity index (χ0) is 20.9. The van der Waals surface area contributed by atoms with Crippen LogP contribution in [0.1, 0.15) is 17.3 Å². The van der Waals surface area contributed by atoms with Crippen LogP contribution in [0.25, 0.3) is 0 Å². The van der Waals surface area contributed by atoms with E-state index in [1.807, 2.05) is 0 Å². The maximum Gasteiger partial charge on any atom is 0.342 e. The van der Waals surface area contributed by atoms with Gasteiger partial charge in [-0.1, -0.05) is 0 Å². The maximum absolute atomic E-state index is 12.7. The van der Waals surface area contributed by atoms with Crippen LogP contribution in [0.15, 0.2) is 17.4 Å². The lowest BCUT2D eigenvalue weighted by Gasteiger charge is -2.17. The minimum Gasteiger partial charge on any atom is -0.490 e. The predicted octanol–water partition coefficient (Wildman–Crippen LogP) is 0.246. The van der Waals surface area contributed by atoms with Gasteiger partial charge >= 0.3 is 12.0 Å². The molecule has 13 nitrogen and oxygen atoms in total. The first-order valence-electron chi connectivity index (χ1n) is 7.71. The third-order valence-electron chi connectivity index (χ3n) is 3.36. The minimum absolute atomic E-state index is 0.0382. The Morgan fingerprint density at radius 3 is 2.57 bits per heavy atom. The van der Waals surface area contributed by atoms with Crippen molar-refractivity contribution < 1.29 is 32.2 Å². The van der Waals surface area contributed by atoms with E-state index >= 15 is 0 Å². The van der Waals surface area contributed by atoms with Crippen molar-refractivity contribution in [2.75, 3.05) is 33.2 Å². The van der Waals surface area contributed by atoms with E-state index < -0.39 is 27.0 Å². The molecule has 2 aromatic rings. The molecule has 2 heterocycles. The fourth-order valence-corrected chi connectivity index (χ4v) is 3.07. The summed E-state index contributed by atoms with van der Waals surface area (Å²) in [6.07, 6.45) is 2.23. The number of H-pyrrole nitrogens is 1. The van der Waals surface area contributed by atoms with E-state index in [1.54, 1.807) is 6.92 Å². The first kappa shape index (κ1) is 20.9. The second-order valence-corrected chi connectivity index (χ2v) is 6.91. The zero-order valence-electron chi connectivity index (χ0n) is 15.4. The third-order valence-corrected chi connectivity index (χ3v) is 5.07. The number of carbonyl (C=O) groups excluding carboxylic acids is 2. The Hall–Kier alpha value is -3.42. The van der Waals surface area contributed by atoms with Gasteiger partial charge in [0.15, 0.2) is 10.8 Å². The molecular weight excluding hydrogens is 396 g/mol. The monoisotopic (exact) mass is 414 g/mol. The molecule has 0 aromatic carbocycles. The van der Waals surface area contributed by atoms with Gasteiger partial charge in [-0.3, -0.25) is 10.4 Å². The number of hydrogen-bond acceptors (Lipinski definition) is 10. The highest BCUT2D eigenvalue weighted by atomic mass is 32.2. The highest BCUT2D eigenvalue weighted by Gasteiger charge is 2.33. The summed E-state index contributed by atoms with van der Waals surface area (Å²) in [7, 11) is -0.743. The third kappa shape index (κ3) is 4.11. The van der Waals surface area contributed by atoms with Gasteiger partial charge in [-0.25, -0.2) is 18.9 Å². The van der Waals surface area contributed by atoms with Crippen molar-refractivity contribution in [1.29, 1.82) is 0 Å². The van der Waals surface area contributed by atoms with Crippen LogP contribution in [0, 0.1) is 0 Å². The summed E-state index contributed by atoms with van der Waals surface area (Å²) in [5.41, 5.74) is -0.330. The van der Waals surface area contributed by atoms with Crippen LogP contribution in [0.2, 0.25) is 0 Å². The lowest BCUT2D eigenvalue weighted by molar-refractivity contribution is 0.0521. The number of esters is 1. The number of nitrogens with one attached hydrogen (secondary N) is 2. The molecule has 0 bridgehead atoms. The quantitative estimate of drug-likeness (QED) is 0.599. The molecule has 0 aliphatic carbocycles. The summed E-state index contributed by atoms with van der Waals surface area (Å²) in [6, 6.07) is -1.09. The first-order chi connectivity index (χ1) is 13.3. The fourth-order valence-electron chi connectivity index (χ4n) is 1.95. The number of ether oxygens (including phenoxy) is 3. The SMILES string of the molecule is CCOC(=O)c1cn[nH]c1S(=O)(=O)N(C)C(=O)Nc1ncc(OC)c(OC)n1. The minimum atomic E-state index is -4.45. The van der Waals surface area contributed by atoms with Crippen LogP contribution >= 0.6 is 0 Å². The van der Waals surface area contributed by atoms with E-state index in [4.69, 9.17) is 14.2 Å². The van der Waals surface area contributed by atoms with E-state index in [2.05, 4.69) is 25.5 Å². The predicted molar refractivity (Wildman–Crippen MR) is 93.6 cm³/mol. The molecule has 0 saturated heterocycles. The number of aromatic amines is 1. The zero-order valence-corrected chi connectivity index (χ0v) is 16.2. The highest BCUT2D eigenvalue weighted by molar-refractivity contribution is 7.89. The van der Waals surface area contributed by atoms with Crippen LogP contribution in [0.4, 0.5) is 10.7 Å². The Balaban J connectivity index is 2.25. The van der Waals surface area contributed by atoms with Crippen molar-refractivity contribution in [2.45, 2.75) is 11.9 Å². The van der Waals surface area contributed by atoms with E-state index in [-0.39, 0.29) is 29.7 Å². The van der Waals surface area contributed by atoms with Gasteiger partial charge in [0.2, 0.25) is 5.95 Å². The van der Waals surface area contributed by atoms with Crippen molar-refractivity contribution in [2.24, 2.45) is 0 Å². The van der Waals surface area contributed by atoms with Crippen LogP contribution in [-0.2, 0) is 14.8 Å². The van der Waals surface area contributed by atoms with Gasteiger partial charge in [0.05, 0.1) is 33.2 Å². The molecule has 2 rings (SSSR count). The summed E-state index contributed by atoms with van der Waals surface area (Å²) in [5, 5.41) is 7.35. The van der Waals surface area contributed by atoms with Gasteiger partial charge in [0.1, 0.15) is 5.56 Å². The molecule has 0 unspecified atom stereocenters. The number of anilines is 1. The van der Waals surface area contributed by atoms with Crippen LogP contribution in [-0.4, -0.2) is 72.8 Å². The standard InChI is InChI=1S/C14H18N6O7S/c1-5-27-12(21)8-6-16-19-11(8)28(23,24)20(2)14(22)18-13-15-7-9(25-3)10(17-13)26-4/h6-7H,5H2,1-4H3,(H,16,19)(H,15,17,18,22). The molecule has 0 spiro atoms. The average molecular weight is 414 g/mol. The largest absolute Gasteiger partial charge is 0.490 e. The van der Waals surface area contributed by atoms with Gasteiger partial charge in [-0.15, -0.1) is 0 Å².